The van der Waals surface area contributed by atoms with Gasteiger partial charge in [0.25, 0.3) is 5.91 Å². The van der Waals surface area contributed by atoms with E-state index in [2.05, 4.69) is 38.8 Å². The molecule has 7 heteroatoms. The molecule has 0 spiro atoms. The van der Waals surface area contributed by atoms with E-state index in [-0.39, 0.29) is 18.7 Å². The van der Waals surface area contributed by atoms with Crippen molar-refractivity contribution in [3.63, 3.8) is 0 Å². The normalized spacial score (nSPS) is 10.1. The number of hydrogen-bond acceptors (Lipinski definition) is 3. The minimum absolute atomic E-state index is 0.0245. The largest absolute Gasteiger partial charge is 0.326 e. The van der Waals surface area contributed by atoms with Crippen LogP contribution in [0.2, 0.25) is 0 Å². The number of amides is 3. The smallest absolute Gasteiger partial charge is 0.269 e. The number of hydrazine groups is 1. The minimum Gasteiger partial charge on any atom is -0.326 e. The molecule has 2 aromatic carbocycles. The Labute approximate surface area is 165 Å². The van der Waals surface area contributed by atoms with Gasteiger partial charge in [-0.2, -0.15) is 0 Å². The van der Waals surface area contributed by atoms with Gasteiger partial charge in [0.15, 0.2) is 0 Å². The van der Waals surface area contributed by atoms with E-state index in [9.17, 15) is 14.4 Å². The monoisotopic (exact) mass is 465 g/mol. The molecule has 0 heterocycles. The minimum atomic E-state index is -0.431. The van der Waals surface area contributed by atoms with E-state index >= 15 is 0 Å². The van der Waals surface area contributed by atoms with Gasteiger partial charge in [-0.15, -0.1) is 0 Å². The van der Waals surface area contributed by atoms with Crippen LogP contribution in [0.4, 0.5) is 5.69 Å². The zero-order valence-corrected chi connectivity index (χ0v) is 16.7. The maximum absolute atomic E-state index is 11.9. The average Bonchev–Trinajstić information content (AvgIpc) is 2.61. The highest BCUT2D eigenvalue weighted by molar-refractivity contribution is 14.1. The Morgan fingerprint density at radius 3 is 2.31 bits per heavy atom. The molecule has 0 bridgehead atoms. The fourth-order valence-corrected chi connectivity index (χ4v) is 2.70. The summed E-state index contributed by atoms with van der Waals surface area (Å²) < 4.78 is 0.921. The molecular formula is C19H20IN3O3. The summed E-state index contributed by atoms with van der Waals surface area (Å²) in [5.74, 6) is -1.09. The van der Waals surface area contributed by atoms with Crippen molar-refractivity contribution in [1.82, 2.24) is 10.9 Å². The molecule has 0 aromatic heterocycles. The standard InChI is InChI=1S/C19H20IN3O3/c1-12-6-7-16(10-13(12)2)21-17(24)8-9-18(25)22-23-19(26)14-4-3-5-15(20)11-14/h3-7,10-11H,8-9H2,1-2H3,(H,21,24)(H,22,25)(H,23,26). The molecule has 0 atom stereocenters. The van der Waals surface area contributed by atoms with Crippen LogP contribution in [0.15, 0.2) is 42.5 Å². The molecule has 2 aromatic rings. The molecule has 3 amide bonds. The second-order valence-corrected chi connectivity index (χ2v) is 7.11. The van der Waals surface area contributed by atoms with Gasteiger partial charge in [-0.3, -0.25) is 25.2 Å². The molecule has 6 nitrogen and oxygen atoms in total. The number of hydrogen-bond donors (Lipinski definition) is 3. The lowest BCUT2D eigenvalue weighted by atomic mass is 10.1. The predicted octanol–water partition coefficient (Wildman–Crippen LogP) is 3.09. The quantitative estimate of drug-likeness (QED) is 0.469. The number of aryl methyl sites for hydroxylation is 2. The van der Waals surface area contributed by atoms with Crippen LogP contribution in [0.5, 0.6) is 0 Å². The summed E-state index contributed by atoms with van der Waals surface area (Å²) in [5, 5.41) is 2.76. The second-order valence-electron chi connectivity index (χ2n) is 5.86. The van der Waals surface area contributed by atoms with Crippen LogP contribution in [0.25, 0.3) is 0 Å². The number of nitrogens with one attached hydrogen (secondary N) is 3. The number of anilines is 1. The van der Waals surface area contributed by atoms with Gasteiger partial charge in [-0.25, -0.2) is 0 Å². The van der Waals surface area contributed by atoms with Gasteiger partial charge in [0.1, 0.15) is 0 Å². The molecule has 2 rings (SSSR count). The molecule has 136 valence electrons. The van der Waals surface area contributed by atoms with Gasteiger partial charge >= 0.3 is 0 Å². The Morgan fingerprint density at radius 2 is 1.62 bits per heavy atom. The molecule has 0 aliphatic heterocycles. The van der Waals surface area contributed by atoms with Crippen LogP contribution in [-0.2, 0) is 9.59 Å². The van der Waals surface area contributed by atoms with Crippen LogP contribution in [0, 0.1) is 17.4 Å². The molecule has 26 heavy (non-hydrogen) atoms. The Morgan fingerprint density at radius 1 is 0.885 bits per heavy atom. The lowest BCUT2D eigenvalue weighted by molar-refractivity contribution is -0.124. The molecule has 0 aliphatic carbocycles. The van der Waals surface area contributed by atoms with E-state index in [1.807, 2.05) is 38.1 Å². The van der Waals surface area contributed by atoms with Gasteiger partial charge in [0.05, 0.1) is 0 Å². The third-order valence-electron chi connectivity index (χ3n) is 3.77. The lowest BCUT2D eigenvalue weighted by Crippen LogP contribution is -2.41. The van der Waals surface area contributed by atoms with E-state index in [0.717, 1.165) is 14.7 Å². The van der Waals surface area contributed by atoms with E-state index in [1.165, 1.54) is 0 Å². The van der Waals surface area contributed by atoms with Crippen molar-refractivity contribution in [3.05, 3.63) is 62.7 Å². The zero-order valence-electron chi connectivity index (χ0n) is 14.6. The molecule has 3 N–H and O–H groups in total. The Kier molecular flexibility index (Phi) is 7.14. The first-order chi connectivity index (χ1) is 12.3. The predicted molar refractivity (Wildman–Crippen MR) is 109 cm³/mol. The molecular weight excluding hydrogens is 445 g/mol. The Hall–Kier alpha value is -2.42. The Balaban J connectivity index is 1.74. The second kappa shape index (κ2) is 9.33. The van der Waals surface area contributed by atoms with Crippen molar-refractivity contribution in [3.8, 4) is 0 Å². The number of halogens is 1. The molecule has 0 radical (unpaired) electrons. The number of carbonyl (C=O) groups excluding carboxylic acids is 3. The van der Waals surface area contributed by atoms with Crippen molar-refractivity contribution in [2.75, 3.05) is 5.32 Å². The maximum Gasteiger partial charge on any atom is 0.269 e. The highest BCUT2D eigenvalue weighted by atomic mass is 127. The van der Waals surface area contributed by atoms with Crippen LogP contribution in [-0.4, -0.2) is 17.7 Å². The van der Waals surface area contributed by atoms with Gasteiger partial charge in [0, 0.05) is 27.7 Å². The van der Waals surface area contributed by atoms with Gasteiger partial charge in [-0.1, -0.05) is 12.1 Å². The van der Waals surface area contributed by atoms with Crippen molar-refractivity contribution >= 4 is 46.0 Å². The topological polar surface area (TPSA) is 87.3 Å². The number of rotatable bonds is 5. The SMILES string of the molecule is Cc1ccc(NC(=O)CCC(=O)NNC(=O)c2cccc(I)c2)cc1C. The van der Waals surface area contributed by atoms with Crippen molar-refractivity contribution in [2.24, 2.45) is 0 Å². The molecule has 0 aliphatic rings. The van der Waals surface area contributed by atoms with E-state index in [0.29, 0.717) is 11.3 Å². The average molecular weight is 465 g/mol. The summed E-state index contributed by atoms with van der Waals surface area (Å²) in [6.07, 6.45) is 0.00114. The number of benzene rings is 2. The molecule has 0 saturated carbocycles. The molecule has 0 saturated heterocycles. The van der Waals surface area contributed by atoms with Crippen LogP contribution in [0.1, 0.15) is 34.3 Å². The fourth-order valence-electron chi connectivity index (χ4n) is 2.16. The molecule has 0 unspecified atom stereocenters. The Bertz CT molecular complexity index is 837. The first kappa shape index (κ1) is 19.9. The van der Waals surface area contributed by atoms with Crippen LogP contribution in [0.3, 0.4) is 0 Å². The van der Waals surface area contributed by atoms with Gasteiger partial charge in [-0.05, 0) is 77.9 Å². The summed E-state index contributed by atoms with van der Waals surface area (Å²) >= 11 is 2.10. The third-order valence-corrected chi connectivity index (χ3v) is 4.44. The first-order valence-electron chi connectivity index (χ1n) is 8.07. The van der Waals surface area contributed by atoms with E-state index < -0.39 is 11.8 Å². The van der Waals surface area contributed by atoms with Crippen LogP contribution < -0.4 is 16.2 Å². The number of carbonyl (C=O) groups is 3. The van der Waals surface area contributed by atoms with Crippen molar-refractivity contribution < 1.29 is 14.4 Å². The van der Waals surface area contributed by atoms with Crippen molar-refractivity contribution in [1.29, 1.82) is 0 Å². The summed E-state index contributed by atoms with van der Waals surface area (Å²) in [5.41, 5.74) is 8.03. The summed E-state index contributed by atoms with van der Waals surface area (Å²) in [6, 6.07) is 12.6. The summed E-state index contributed by atoms with van der Waals surface area (Å²) in [6.45, 7) is 3.96. The van der Waals surface area contributed by atoms with E-state index in [4.69, 9.17) is 0 Å². The van der Waals surface area contributed by atoms with Crippen molar-refractivity contribution in [2.45, 2.75) is 26.7 Å². The van der Waals surface area contributed by atoms with Gasteiger partial charge in [0.2, 0.25) is 11.8 Å². The highest BCUT2D eigenvalue weighted by Gasteiger charge is 2.10. The summed E-state index contributed by atoms with van der Waals surface area (Å²) in [7, 11) is 0. The van der Waals surface area contributed by atoms with E-state index in [1.54, 1.807) is 18.2 Å². The first-order valence-corrected chi connectivity index (χ1v) is 9.15. The molecule has 0 fully saturated rings. The van der Waals surface area contributed by atoms with Crippen LogP contribution >= 0.6 is 22.6 Å². The highest BCUT2D eigenvalue weighted by Crippen LogP contribution is 2.14. The zero-order chi connectivity index (χ0) is 19.1. The van der Waals surface area contributed by atoms with Gasteiger partial charge < -0.3 is 5.32 Å². The fraction of sp³-hybridized carbons (Fsp3) is 0.211. The third kappa shape index (κ3) is 6.14. The maximum atomic E-state index is 11.9. The summed E-state index contributed by atoms with van der Waals surface area (Å²) in [4.78, 5) is 35.7. The lowest BCUT2D eigenvalue weighted by Gasteiger charge is -2.09.